The molecule has 194 valence electrons. The van der Waals surface area contributed by atoms with Gasteiger partial charge in [-0.25, -0.2) is 4.79 Å². The maximum atomic E-state index is 13.7. The van der Waals surface area contributed by atoms with Crippen LogP contribution in [0.2, 0.25) is 0 Å². The molecule has 0 spiro atoms. The minimum absolute atomic E-state index is 0.0770. The number of aromatic nitrogens is 1. The van der Waals surface area contributed by atoms with Crippen LogP contribution in [-0.4, -0.2) is 15.9 Å². The molecule has 0 aliphatic carbocycles. The van der Waals surface area contributed by atoms with Crippen LogP contribution in [0.5, 0.6) is 0 Å². The van der Waals surface area contributed by atoms with E-state index in [4.69, 9.17) is 0 Å². The molecule has 1 atom stereocenters. The predicted molar refractivity (Wildman–Crippen MR) is 137 cm³/mol. The molecule has 2 amide bonds. The minimum atomic E-state index is -4.61. The second-order valence-electron chi connectivity index (χ2n) is 8.75. The van der Waals surface area contributed by atoms with Crippen LogP contribution in [0.1, 0.15) is 27.9 Å². The number of amides is 2. The van der Waals surface area contributed by atoms with Crippen molar-refractivity contribution in [2.45, 2.75) is 25.1 Å². The number of nitro groups is 1. The van der Waals surface area contributed by atoms with E-state index >= 15 is 0 Å². The number of benzene rings is 3. The Hall–Kier alpha value is -4.73. The summed E-state index contributed by atoms with van der Waals surface area (Å²) in [5.74, 6) is 0. The number of pyridine rings is 1. The fourth-order valence-corrected chi connectivity index (χ4v) is 4.16. The Balaban J connectivity index is 1.85. The van der Waals surface area contributed by atoms with E-state index in [1.54, 1.807) is 42.6 Å². The molecule has 1 aromatic heterocycles. The van der Waals surface area contributed by atoms with Crippen LogP contribution in [0.4, 0.5) is 29.3 Å². The topological polar surface area (TPSA) is 97.2 Å². The van der Waals surface area contributed by atoms with Gasteiger partial charge in [0.2, 0.25) is 0 Å². The maximum absolute atomic E-state index is 13.7. The first-order valence-electron chi connectivity index (χ1n) is 11.6. The Labute approximate surface area is 216 Å². The summed E-state index contributed by atoms with van der Waals surface area (Å²) < 4.78 is 41.2. The zero-order chi connectivity index (χ0) is 27.3. The molecule has 38 heavy (non-hydrogen) atoms. The average molecular weight is 521 g/mol. The van der Waals surface area contributed by atoms with Gasteiger partial charge in [-0.05, 0) is 47.9 Å². The zero-order valence-corrected chi connectivity index (χ0v) is 20.2. The van der Waals surface area contributed by atoms with E-state index in [1.807, 2.05) is 13.0 Å². The van der Waals surface area contributed by atoms with Crippen LogP contribution in [0.25, 0.3) is 0 Å². The molecule has 0 radical (unpaired) electrons. The van der Waals surface area contributed by atoms with Gasteiger partial charge in [0.05, 0.1) is 16.2 Å². The van der Waals surface area contributed by atoms with E-state index in [0.29, 0.717) is 5.69 Å². The first kappa shape index (κ1) is 26.3. The zero-order valence-electron chi connectivity index (χ0n) is 20.2. The van der Waals surface area contributed by atoms with E-state index < -0.39 is 28.2 Å². The molecule has 0 fully saturated rings. The van der Waals surface area contributed by atoms with Gasteiger partial charge in [-0.1, -0.05) is 54.6 Å². The molecule has 4 aromatic rings. The van der Waals surface area contributed by atoms with Gasteiger partial charge in [0.25, 0.3) is 5.69 Å². The molecule has 10 heteroatoms. The Bertz CT molecular complexity index is 1440. The van der Waals surface area contributed by atoms with Gasteiger partial charge in [0, 0.05) is 30.4 Å². The number of nitrogens with zero attached hydrogens (tertiary/aromatic N) is 2. The van der Waals surface area contributed by atoms with Crippen LogP contribution in [-0.2, 0) is 18.1 Å². The summed E-state index contributed by atoms with van der Waals surface area (Å²) in [7, 11) is 0. The SMILES string of the molecule is Cc1ccc(C(Cc2ccccc2)(NC(=O)Nc2cccc([N+](=O)[O-])c2)c2cccc(C(F)(F)F)c2)nc1. The highest BCUT2D eigenvalue weighted by Gasteiger charge is 2.40. The molecule has 0 saturated heterocycles. The van der Waals surface area contributed by atoms with Crippen molar-refractivity contribution >= 4 is 17.4 Å². The minimum Gasteiger partial charge on any atom is -0.322 e. The van der Waals surface area contributed by atoms with Crippen LogP contribution in [0.3, 0.4) is 0 Å². The number of hydrogen-bond acceptors (Lipinski definition) is 4. The molecule has 0 aliphatic heterocycles. The molecular formula is C28H23F3N4O3. The number of carbonyl (C=O) groups is 1. The first-order valence-corrected chi connectivity index (χ1v) is 11.6. The number of carbonyl (C=O) groups excluding carboxylic acids is 1. The number of alkyl halides is 3. The number of rotatable bonds is 7. The predicted octanol–water partition coefficient (Wildman–Crippen LogP) is 6.63. The normalized spacial score (nSPS) is 12.8. The third-order valence-corrected chi connectivity index (χ3v) is 5.99. The van der Waals surface area contributed by atoms with Crippen molar-refractivity contribution in [3.8, 4) is 0 Å². The number of non-ortho nitro benzene ring substituents is 1. The lowest BCUT2D eigenvalue weighted by atomic mass is 9.80. The van der Waals surface area contributed by atoms with Gasteiger partial charge in [0.1, 0.15) is 5.54 Å². The largest absolute Gasteiger partial charge is 0.416 e. The van der Waals surface area contributed by atoms with Crippen molar-refractivity contribution < 1.29 is 22.9 Å². The summed E-state index contributed by atoms with van der Waals surface area (Å²) in [6.45, 7) is 1.82. The summed E-state index contributed by atoms with van der Waals surface area (Å²) in [6.07, 6.45) is -2.96. The third-order valence-electron chi connectivity index (χ3n) is 5.99. The average Bonchev–Trinajstić information content (AvgIpc) is 2.89. The number of halogens is 3. The van der Waals surface area contributed by atoms with Gasteiger partial charge in [-0.2, -0.15) is 13.2 Å². The molecule has 1 heterocycles. The molecule has 1 unspecified atom stereocenters. The second kappa shape index (κ2) is 10.7. The Morgan fingerprint density at radius 2 is 1.63 bits per heavy atom. The molecule has 4 rings (SSSR count). The fourth-order valence-electron chi connectivity index (χ4n) is 4.16. The van der Waals surface area contributed by atoms with E-state index in [0.717, 1.165) is 23.3 Å². The highest BCUT2D eigenvalue weighted by atomic mass is 19.4. The van der Waals surface area contributed by atoms with E-state index in [1.165, 1.54) is 36.4 Å². The molecule has 0 saturated carbocycles. The smallest absolute Gasteiger partial charge is 0.322 e. The van der Waals surface area contributed by atoms with E-state index in [9.17, 15) is 28.1 Å². The quantitative estimate of drug-likeness (QED) is 0.211. The van der Waals surface area contributed by atoms with Crippen LogP contribution in [0, 0.1) is 17.0 Å². The lowest BCUT2D eigenvalue weighted by Crippen LogP contribution is -2.50. The van der Waals surface area contributed by atoms with Gasteiger partial charge in [0.15, 0.2) is 0 Å². The highest BCUT2D eigenvalue weighted by Crippen LogP contribution is 2.37. The number of urea groups is 1. The summed E-state index contributed by atoms with van der Waals surface area (Å²) in [6, 6.07) is 21.7. The van der Waals surface area contributed by atoms with Crippen molar-refractivity contribution in [1.29, 1.82) is 0 Å². The molecule has 7 nitrogen and oxygen atoms in total. The summed E-state index contributed by atoms with van der Waals surface area (Å²) in [4.78, 5) is 28.4. The molecule has 3 aromatic carbocycles. The van der Waals surface area contributed by atoms with E-state index in [2.05, 4.69) is 15.6 Å². The Morgan fingerprint density at radius 3 is 2.29 bits per heavy atom. The van der Waals surface area contributed by atoms with Crippen molar-refractivity contribution in [2.24, 2.45) is 0 Å². The van der Waals surface area contributed by atoms with Crippen molar-refractivity contribution in [1.82, 2.24) is 10.3 Å². The second-order valence-corrected chi connectivity index (χ2v) is 8.75. The number of anilines is 1. The van der Waals surface area contributed by atoms with Crippen molar-refractivity contribution in [2.75, 3.05) is 5.32 Å². The van der Waals surface area contributed by atoms with Gasteiger partial charge in [-0.15, -0.1) is 0 Å². The van der Waals surface area contributed by atoms with Gasteiger partial charge in [-0.3, -0.25) is 15.1 Å². The summed E-state index contributed by atoms with van der Waals surface area (Å²) in [5, 5.41) is 16.6. The number of nitro benzene ring substituents is 1. The first-order chi connectivity index (χ1) is 18.1. The monoisotopic (exact) mass is 520 g/mol. The molecule has 0 aliphatic rings. The van der Waals surface area contributed by atoms with Crippen LogP contribution >= 0.6 is 0 Å². The van der Waals surface area contributed by atoms with Gasteiger partial charge >= 0.3 is 12.2 Å². The van der Waals surface area contributed by atoms with E-state index in [-0.39, 0.29) is 23.4 Å². The maximum Gasteiger partial charge on any atom is 0.416 e. The number of hydrogen-bond donors (Lipinski definition) is 2. The van der Waals surface area contributed by atoms with Crippen LogP contribution in [0.15, 0.2) is 97.2 Å². The van der Waals surface area contributed by atoms with Crippen molar-refractivity contribution in [3.05, 3.63) is 135 Å². The lowest BCUT2D eigenvalue weighted by Gasteiger charge is -2.36. The number of aryl methyl sites for hydroxylation is 1. The summed E-state index contributed by atoms with van der Waals surface area (Å²) >= 11 is 0. The molecular weight excluding hydrogens is 497 g/mol. The molecule has 2 N–H and O–H groups in total. The van der Waals surface area contributed by atoms with Crippen molar-refractivity contribution in [3.63, 3.8) is 0 Å². The standard InChI is InChI=1S/C28H23F3N4O3/c1-19-13-14-25(32-18-19)27(17-20-7-3-2-4-8-20,21-9-5-10-22(15-21)28(29,30)31)34-26(36)33-23-11-6-12-24(16-23)35(37)38/h2-16,18H,17H2,1H3,(H2,33,34,36). The Kier molecular flexibility index (Phi) is 7.43. The fraction of sp³-hybridized carbons (Fsp3) is 0.143. The number of nitrogens with one attached hydrogen (secondary N) is 2. The lowest BCUT2D eigenvalue weighted by molar-refractivity contribution is -0.384. The molecule has 0 bridgehead atoms. The Morgan fingerprint density at radius 1 is 0.921 bits per heavy atom. The van der Waals surface area contributed by atoms with Gasteiger partial charge < -0.3 is 10.6 Å². The van der Waals surface area contributed by atoms with Crippen LogP contribution < -0.4 is 10.6 Å². The highest BCUT2D eigenvalue weighted by molar-refractivity contribution is 5.90. The third kappa shape index (κ3) is 5.97. The summed E-state index contributed by atoms with van der Waals surface area (Å²) in [5.41, 5.74) is -0.429.